The van der Waals surface area contributed by atoms with Gasteiger partial charge >= 0.3 is 6.03 Å². The number of fused-ring (bicyclic) bond motifs is 1. The van der Waals surface area contributed by atoms with Crippen molar-refractivity contribution >= 4 is 23.0 Å². The van der Waals surface area contributed by atoms with E-state index in [0.29, 0.717) is 11.3 Å². The van der Waals surface area contributed by atoms with E-state index in [0.717, 1.165) is 27.6 Å². The van der Waals surface area contributed by atoms with Gasteiger partial charge in [-0.2, -0.15) is 5.10 Å². The SMILES string of the molecule is COc1ccc(/C=N/NC(=O)NC(c2ccc(OC)cc2)c2c(O)ccc3ccccc23)cc1. The molecule has 0 bridgehead atoms. The average Bonchev–Trinajstić information content (AvgIpc) is 2.88. The Morgan fingerprint density at radius 1 is 0.882 bits per heavy atom. The number of ether oxygens (including phenoxy) is 2. The van der Waals surface area contributed by atoms with Gasteiger partial charge in [-0.25, -0.2) is 10.2 Å². The third kappa shape index (κ3) is 5.10. The summed E-state index contributed by atoms with van der Waals surface area (Å²) < 4.78 is 10.4. The van der Waals surface area contributed by atoms with Crippen LogP contribution in [0.1, 0.15) is 22.7 Å². The third-order valence-electron chi connectivity index (χ3n) is 5.46. The zero-order valence-electron chi connectivity index (χ0n) is 18.9. The smallest absolute Gasteiger partial charge is 0.335 e. The first-order valence-corrected chi connectivity index (χ1v) is 10.7. The number of hydrazone groups is 1. The van der Waals surface area contributed by atoms with Crippen LogP contribution < -0.4 is 20.2 Å². The molecule has 0 fully saturated rings. The molecule has 0 saturated heterocycles. The molecular weight excluding hydrogens is 430 g/mol. The lowest BCUT2D eigenvalue weighted by atomic mass is 9.92. The van der Waals surface area contributed by atoms with Crippen LogP contribution in [0.15, 0.2) is 90.0 Å². The molecule has 34 heavy (non-hydrogen) atoms. The molecule has 7 heteroatoms. The van der Waals surface area contributed by atoms with Crippen LogP contribution in [0, 0.1) is 0 Å². The van der Waals surface area contributed by atoms with Crippen molar-refractivity contribution in [2.45, 2.75) is 6.04 Å². The molecule has 1 atom stereocenters. The monoisotopic (exact) mass is 455 g/mol. The summed E-state index contributed by atoms with van der Waals surface area (Å²) in [6.45, 7) is 0. The first kappa shape index (κ1) is 22.7. The molecule has 4 aromatic carbocycles. The topological polar surface area (TPSA) is 92.2 Å². The van der Waals surface area contributed by atoms with E-state index < -0.39 is 12.1 Å². The van der Waals surface area contributed by atoms with Crippen molar-refractivity contribution in [3.63, 3.8) is 0 Å². The summed E-state index contributed by atoms with van der Waals surface area (Å²) in [6, 6.07) is 24.6. The van der Waals surface area contributed by atoms with Gasteiger partial charge in [0.1, 0.15) is 17.2 Å². The van der Waals surface area contributed by atoms with Crippen molar-refractivity contribution in [3.05, 3.63) is 102 Å². The van der Waals surface area contributed by atoms with Gasteiger partial charge in [0.05, 0.1) is 26.5 Å². The molecular formula is C27H25N3O4. The Labute approximate surface area is 197 Å². The number of nitrogens with zero attached hydrogens (tertiary/aromatic N) is 1. The van der Waals surface area contributed by atoms with Gasteiger partial charge in [0, 0.05) is 5.56 Å². The van der Waals surface area contributed by atoms with Gasteiger partial charge < -0.3 is 19.9 Å². The highest BCUT2D eigenvalue weighted by Crippen LogP contribution is 2.36. The molecule has 0 aliphatic heterocycles. The van der Waals surface area contributed by atoms with Crippen molar-refractivity contribution in [3.8, 4) is 17.2 Å². The maximum Gasteiger partial charge on any atom is 0.335 e. The normalized spacial score (nSPS) is 11.8. The Kier molecular flexibility index (Phi) is 6.93. The molecule has 1 unspecified atom stereocenters. The molecule has 0 heterocycles. The summed E-state index contributed by atoms with van der Waals surface area (Å²) in [5.41, 5.74) is 4.68. The van der Waals surface area contributed by atoms with Crippen molar-refractivity contribution < 1.29 is 19.4 Å². The summed E-state index contributed by atoms with van der Waals surface area (Å²) >= 11 is 0. The first-order chi connectivity index (χ1) is 16.6. The molecule has 0 saturated carbocycles. The minimum absolute atomic E-state index is 0.0848. The van der Waals surface area contributed by atoms with Gasteiger partial charge in [-0.1, -0.05) is 42.5 Å². The molecule has 4 rings (SSSR count). The molecule has 2 amide bonds. The number of nitrogens with one attached hydrogen (secondary N) is 2. The highest BCUT2D eigenvalue weighted by molar-refractivity contribution is 5.89. The number of rotatable bonds is 7. The van der Waals surface area contributed by atoms with Crippen molar-refractivity contribution in [1.29, 1.82) is 0 Å². The second-order valence-corrected chi connectivity index (χ2v) is 7.54. The highest BCUT2D eigenvalue weighted by atomic mass is 16.5. The Hall–Kier alpha value is -4.52. The van der Waals surface area contributed by atoms with Crippen LogP contribution in [0.4, 0.5) is 4.79 Å². The van der Waals surface area contributed by atoms with E-state index >= 15 is 0 Å². The molecule has 3 N–H and O–H groups in total. The zero-order chi connectivity index (χ0) is 23.9. The number of aromatic hydroxyl groups is 1. The lowest BCUT2D eigenvalue weighted by Crippen LogP contribution is -2.36. The largest absolute Gasteiger partial charge is 0.508 e. The third-order valence-corrected chi connectivity index (χ3v) is 5.46. The summed E-state index contributed by atoms with van der Waals surface area (Å²) in [4.78, 5) is 12.8. The first-order valence-electron chi connectivity index (χ1n) is 10.7. The Balaban J connectivity index is 1.62. The van der Waals surface area contributed by atoms with E-state index in [1.165, 1.54) is 6.21 Å². The molecule has 4 aromatic rings. The summed E-state index contributed by atoms with van der Waals surface area (Å²) in [7, 11) is 3.19. The minimum Gasteiger partial charge on any atom is -0.508 e. The van der Waals surface area contributed by atoms with E-state index in [4.69, 9.17) is 9.47 Å². The summed E-state index contributed by atoms with van der Waals surface area (Å²) in [5.74, 6) is 1.51. The number of benzene rings is 4. The fourth-order valence-electron chi connectivity index (χ4n) is 3.72. The van der Waals surface area contributed by atoms with Gasteiger partial charge in [0.15, 0.2) is 0 Å². The van der Waals surface area contributed by atoms with Crippen LogP contribution in [0.2, 0.25) is 0 Å². The van der Waals surface area contributed by atoms with Gasteiger partial charge in [-0.05, 0) is 64.4 Å². The Morgan fingerprint density at radius 3 is 2.21 bits per heavy atom. The van der Waals surface area contributed by atoms with Crippen LogP contribution in [-0.2, 0) is 0 Å². The lowest BCUT2D eigenvalue weighted by Gasteiger charge is -2.22. The number of urea groups is 1. The number of methoxy groups -OCH3 is 2. The van der Waals surface area contributed by atoms with Gasteiger partial charge in [0.2, 0.25) is 0 Å². The standard InChI is InChI=1S/C27H25N3O4/c1-33-21-12-7-18(8-13-21)17-28-30-27(32)29-26(20-9-14-22(34-2)15-10-20)25-23-6-4-3-5-19(23)11-16-24(25)31/h3-17,26,31H,1-2H3,(H2,29,30,32)/b28-17+. The number of phenolic OH excluding ortho intramolecular Hbond substituents is 1. The van der Waals surface area contributed by atoms with Crippen LogP contribution in [0.25, 0.3) is 10.8 Å². The number of hydrogen-bond acceptors (Lipinski definition) is 5. The molecule has 0 radical (unpaired) electrons. The van der Waals surface area contributed by atoms with E-state index in [2.05, 4.69) is 15.8 Å². The van der Waals surface area contributed by atoms with E-state index in [-0.39, 0.29) is 5.75 Å². The molecule has 172 valence electrons. The van der Waals surface area contributed by atoms with E-state index in [1.54, 1.807) is 20.3 Å². The number of hydrogen-bond donors (Lipinski definition) is 3. The second-order valence-electron chi connectivity index (χ2n) is 7.54. The van der Waals surface area contributed by atoms with Crippen LogP contribution in [0.3, 0.4) is 0 Å². The zero-order valence-corrected chi connectivity index (χ0v) is 18.9. The van der Waals surface area contributed by atoms with Crippen LogP contribution in [0.5, 0.6) is 17.2 Å². The fraction of sp³-hybridized carbons (Fsp3) is 0.111. The molecule has 0 spiro atoms. The van der Waals surface area contributed by atoms with Gasteiger partial charge in [-0.15, -0.1) is 0 Å². The molecule has 0 aliphatic rings. The van der Waals surface area contributed by atoms with Gasteiger partial charge in [-0.3, -0.25) is 0 Å². The van der Waals surface area contributed by atoms with Gasteiger partial charge in [0.25, 0.3) is 0 Å². The predicted octanol–water partition coefficient (Wildman–Crippen LogP) is 4.99. The number of phenols is 1. The number of carbonyl (C=O) groups excluding carboxylic acids is 1. The average molecular weight is 456 g/mol. The van der Waals surface area contributed by atoms with E-state index in [9.17, 15) is 9.90 Å². The quantitative estimate of drug-likeness (QED) is 0.271. The minimum atomic E-state index is -0.631. The summed E-state index contributed by atoms with van der Waals surface area (Å²) in [6.07, 6.45) is 1.54. The lowest BCUT2D eigenvalue weighted by molar-refractivity contribution is 0.239. The molecule has 0 aromatic heterocycles. The molecule has 0 aliphatic carbocycles. The van der Waals surface area contributed by atoms with Crippen molar-refractivity contribution in [1.82, 2.24) is 10.7 Å². The van der Waals surface area contributed by atoms with Crippen molar-refractivity contribution in [2.24, 2.45) is 5.10 Å². The van der Waals surface area contributed by atoms with Crippen molar-refractivity contribution in [2.75, 3.05) is 14.2 Å². The van der Waals surface area contributed by atoms with Crippen LogP contribution >= 0.6 is 0 Å². The Bertz CT molecular complexity index is 1300. The maximum absolute atomic E-state index is 12.8. The fourth-order valence-corrected chi connectivity index (χ4v) is 3.72. The number of carbonyl (C=O) groups is 1. The predicted molar refractivity (Wildman–Crippen MR) is 133 cm³/mol. The van der Waals surface area contributed by atoms with Crippen LogP contribution in [-0.4, -0.2) is 31.6 Å². The second kappa shape index (κ2) is 10.4. The maximum atomic E-state index is 12.8. The Morgan fingerprint density at radius 2 is 1.53 bits per heavy atom. The number of amides is 2. The summed E-state index contributed by atoms with van der Waals surface area (Å²) in [5, 5.41) is 19.6. The highest BCUT2D eigenvalue weighted by Gasteiger charge is 2.22. The molecule has 7 nitrogen and oxygen atoms in total. The van der Waals surface area contributed by atoms with E-state index in [1.807, 2.05) is 78.9 Å².